The molecule has 0 fully saturated rings. The van der Waals surface area contributed by atoms with Crippen molar-refractivity contribution in [3.63, 3.8) is 0 Å². The molecular formula is C16H27N3S. The fourth-order valence-corrected chi connectivity index (χ4v) is 3.68. The zero-order chi connectivity index (χ0) is 15.1. The predicted octanol–water partition coefficient (Wildman–Crippen LogP) is 3.71. The minimum Gasteiger partial charge on any atom is -0.326 e. The first-order valence-corrected chi connectivity index (χ1v) is 8.29. The summed E-state index contributed by atoms with van der Waals surface area (Å²) in [6.07, 6.45) is 1.51. The first kappa shape index (κ1) is 17.2. The van der Waals surface area contributed by atoms with Gasteiger partial charge >= 0.3 is 0 Å². The number of thiophene rings is 1. The van der Waals surface area contributed by atoms with Crippen molar-refractivity contribution < 1.29 is 0 Å². The van der Waals surface area contributed by atoms with Crippen LogP contribution in [-0.2, 0) is 0 Å². The van der Waals surface area contributed by atoms with Crippen LogP contribution < -0.4 is 5.73 Å². The molecule has 0 aromatic carbocycles. The molecule has 2 atom stereocenters. The first-order valence-electron chi connectivity index (χ1n) is 7.41. The van der Waals surface area contributed by atoms with E-state index in [1.807, 2.05) is 0 Å². The van der Waals surface area contributed by atoms with Crippen LogP contribution in [0.2, 0.25) is 0 Å². The molecule has 4 heteroatoms. The quantitative estimate of drug-likeness (QED) is 0.795. The highest BCUT2D eigenvalue weighted by molar-refractivity contribution is 7.10. The first-order chi connectivity index (χ1) is 9.51. The molecule has 2 unspecified atom stereocenters. The van der Waals surface area contributed by atoms with Crippen molar-refractivity contribution in [2.75, 3.05) is 13.1 Å². The minimum absolute atomic E-state index is 0.116. The van der Waals surface area contributed by atoms with Gasteiger partial charge in [-0.1, -0.05) is 20.8 Å². The molecule has 0 aliphatic carbocycles. The van der Waals surface area contributed by atoms with Crippen molar-refractivity contribution in [1.29, 1.82) is 5.26 Å². The molecule has 0 bridgehead atoms. The van der Waals surface area contributed by atoms with Gasteiger partial charge in [-0.3, -0.25) is 4.90 Å². The summed E-state index contributed by atoms with van der Waals surface area (Å²) in [7, 11) is 0. The lowest BCUT2D eigenvalue weighted by Crippen LogP contribution is -2.42. The van der Waals surface area contributed by atoms with Gasteiger partial charge in [0.2, 0.25) is 0 Å². The molecule has 0 radical (unpaired) electrons. The van der Waals surface area contributed by atoms with Crippen LogP contribution in [0.1, 0.15) is 50.1 Å². The van der Waals surface area contributed by atoms with E-state index in [0.29, 0.717) is 12.3 Å². The van der Waals surface area contributed by atoms with Crippen molar-refractivity contribution >= 4 is 11.3 Å². The summed E-state index contributed by atoms with van der Waals surface area (Å²) in [5.74, 6) is 0.570. The summed E-state index contributed by atoms with van der Waals surface area (Å²) in [5, 5.41) is 11.0. The topological polar surface area (TPSA) is 53.0 Å². The Balaban J connectivity index is 3.04. The largest absolute Gasteiger partial charge is 0.326 e. The normalized spacial score (nSPS) is 14.5. The molecule has 20 heavy (non-hydrogen) atoms. The van der Waals surface area contributed by atoms with Crippen molar-refractivity contribution in [2.45, 2.75) is 52.6 Å². The molecule has 1 aromatic rings. The van der Waals surface area contributed by atoms with Crippen LogP contribution in [0.15, 0.2) is 11.4 Å². The molecule has 0 aliphatic rings. The van der Waals surface area contributed by atoms with Gasteiger partial charge in [0.15, 0.2) is 0 Å². The van der Waals surface area contributed by atoms with Crippen LogP contribution in [0.5, 0.6) is 0 Å². The SMILES string of the molecule is CCC(N)C(c1sccc1C)N(CCC#N)CC(C)C. The lowest BCUT2D eigenvalue weighted by atomic mass is 9.99. The van der Waals surface area contributed by atoms with Crippen LogP contribution in [0, 0.1) is 24.2 Å². The molecule has 0 saturated carbocycles. The van der Waals surface area contributed by atoms with E-state index in [9.17, 15) is 0 Å². The van der Waals surface area contributed by atoms with E-state index >= 15 is 0 Å². The summed E-state index contributed by atoms with van der Waals surface area (Å²) in [6.45, 7) is 10.5. The molecular weight excluding hydrogens is 266 g/mol. The van der Waals surface area contributed by atoms with Crippen LogP contribution in [0.25, 0.3) is 0 Å². The number of nitrogens with two attached hydrogens (primary N) is 1. The van der Waals surface area contributed by atoms with Gasteiger partial charge in [0.25, 0.3) is 0 Å². The van der Waals surface area contributed by atoms with Gasteiger partial charge in [-0.05, 0) is 36.3 Å². The van der Waals surface area contributed by atoms with Crippen LogP contribution in [0.4, 0.5) is 0 Å². The van der Waals surface area contributed by atoms with Crippen LogP contribution >= 0.6 is 11.3 Å². The Morgan fingerprint density at radius 1 is 1.45 bits per heavy atom. The van der Waals surface area contributed by atoms with Gasteiger partial charge in [0.05, 0.1) is 12.1 Å². The van der Waals surface area contributed by atoms with E-state index in [1.54, 1.807) is 11.3 Å². The molecule has 3 nitrogen and oxygen atoms in total. The molecule has 2 N–H and O–H groups in total. The highest BCUT2D eigenvalue weighted by Gasteiger charge is 2.28. The Morgan fingerprint density at radius 3 is 2.60 bits per heavy atom. The molecule has 0 saturated heterocycles. The molecule has 0 aliphatic heterocycles. The van der Waals surface area contributed by atoms with E-state index in [-0.39, 0.29) is 12.1 Å². The van der Waals surface area contributed by atoms with E-state index in [2.05, 4.69) is 50.1 Å². The van der Waals surface area contributed by atoms with Gasteiger partial charge in [-0.15, -0.1) is 11.3 Å². The fraction of sp³-hybridized carbons (Fsp3) is 0.688. The smallest absolute Gasteiger partial charge is 0.0635 e. The summed E-state index contributed by atoms with van der Waals surface area (Å²) in [6, 6.07) is 4.77. The van der Waals surface area contributed by atoms with Crippen molar-refractivity contribution in [1.82, 2.24) is 4.90 Å². The third kappa shape index (κ3) is 4.59. The van der Waals surface area contributed by atoms with Crippen molar-refractivity contribution in [3.8, 4) is 6.07 Å². The number of rotatable bonds is 8. The van der Waals surface area contributed by atoms with Gasteiger partial charge < -0.3 is 5.73 Å². The van der Waals surface area contributed by atoms with Crippen LogP contribution in [-0.4, -0.2) is 24.0 Å². The number of aryl methyl sites for hydroxylation is 1. The molecule has 0 amide bonds. The van der Waals surface area contributed by atoms with Gasteiger partial charge in [-0.2, -0.15) is 5.26 Å². The zero-order valence-electron chi connectivity index (χ0n) is 13.1. The summed E-state index contributed by atoms with van der Waals surface area (Å²) in [5.41, 5.74) is 7.72. The Labute approximate surface area is 127 Å². The highest BCUT2D eigenvalue weighted by atomic mass is 32.1. The lowest BCUT2D eigenvalue weighted by Gasteiger charge is -2.36. The van der Waals surface area contributed by atoms with E-state index in [0.717, 1.165) is 19.5 Å². The summed E-state index contributed by atoms with van der Waals surface area (Å²) >= 11 is 1.79. The second-order valence-corrected chi connectivity index (χ2v) is 6.73. The Kier molecular flexibility index (Phi) is 7.22. The maximum Gasteiger partial charge on any atom is 0.0635 e. The summed E-state index contributed by atoms with van der Waals surface area (Å²) < 4.78 is 0. The van der Waals surface area contributed by atoms with Crippen molar-refractivity contribution in [2.24, 2.45) is 11.7 Å². The Hall–Kier alpha value is -0.890. The molecule has 1 heterocycles. The second-order valence-electron chi connectivity index (χ2n) is 5.78. The molecule has 0 spiro atoms. The zero-order valence-corrected chi connectivity index (χ0v) is 13.9. The number of hydrogen-bond acceptors (Lipinski definition) is 4. The average Bonchev–Trinajstić information content (AvgIpc) is 2.81. The number of nitriles is 1. The lowest BCUT2D eigenvalue weighted by molar-refractivity contribution is 0.156. The third-order valence-electron chi connectivity index (χ3n) is 3.55. The Bertz CT molecular complexity index is 433. The van der Waals surface area contributed by atoms with Gasteiger partial charge in [0, 0.05) is 30.4 Å². The molecule has 112 valence electrons. The van der Waals surface area contributed by atoms with Gasteiger partial charge in [-0.25, -0.2) is 0 Å². The second kappa shape index (κ2) is 8.41. The number of nitrogens with zero attached hydrogens (tertiary/aromatic N) is 2. The monoisotopic (exact) mass is 293 g/mol. The minimum atomic E-state index is 0.116. The maximum atomic E-state index is 8.91. The average molecular weight is 293 g/mol. The molecule has 1 aromatic heterocycles. The van der Waals surface area contributed by atoms with E-state index < -0.39 is 0 Å². The Morgan fingerprint density at radius 2 is 2.15 bits per heavy atom. The van der Waals surface area contributed by atoms with E-state index in [1.165, 1.54) is 10.4 Å². The maximum absolute atomic E-state index is 8.91. The fourth-order valence-electron chi connectivity index (χ4n) is 2.55. The van der Waals surface area contributed by atoms with Gasteiger partial charge in [0.1, 0.15) is 0 Å². The number of hydrogen-bond donors (Lipinski definition) is 1. The highest BCUT2D eigenvalue weighted by Crippen LogP contribution is 2.32. The summed E-state index contributed by atoms with van der Waals surface area (Å²) in [4.78, 5) is 3.76. The van der Waals surface area contributed by atoms with Crippen molar-refractivity contribution in [3.05, 3.63) is 21.9 Å². The standard InChI is InChI=1S/C16H27N3S/c1-5-14(18)15(16-13(4)7-10-20-16)19(9-6-8-17)11-12(2)3/h7,10,12,14-15H,5-6,9,11,18H2,1-4H3. The third-order valence-corrected chi connectivity index (χ3v) is 4.64. The predicted molar refractivity (Wildman–Crippen MR) is 86.7 cm³/mol. The van der Waals surface area contributed by atoms with Crippen LogP contribution in [0.3, 0.4) is 0 Å². The van der Waals surface area contributed by atoms with E-state index in [4.69, 9.17) is 11.0 Å². The molecule has 1 rings (SSSR count).